The van der Waals surface area contributed by atoms with Gasteiger partial charge in [-0.1, -0.05) is 6.92 Å². The lowest BCUT2D eigenvalue weighted by molar-refractivity contribution is 0.436. The van der Waals surface area contributed by atoms with Crippen LogP contribution in [-0.4, -0.2) is 25.8 Å². The minimum atomic E-state index is -4.21. The molecule has 98 valence electrons. The Morgan fingerprint density at radius 2 is 1.78 bits per heavy atom. The predicted molar refractivity (Wildman–Crippen MR) is 56.4 cm³/mol. The summed E-state index contributed by atoms with van der Waals surface area (Å²) in [6.45, 7) is 0.959. The van der Waals surface area contributed by atoms with Gasteiger partial charge < -0.3 is 0 Å². The smallest absolute Gasteiger partial charge is 0.207 e. The molecule has 8 heteroatoms. The van der Waals surface area contributed by atoms with Gasteiger partial charge in [0.15, 0.2) is 17.5 Å². The summed E-state index contributed by atoms with van der Waals surface area (Å²) in [5.41, 5.74) is 0. The Kier molecular flexibility index (Phi) is 4.32. The molecule has 1 rings (SSSR count). The molecule has 0 aliphatic carbocycles. The SMILES string of the molecule is CCN(CC#N)S(=O)(=O)c1cc(F)c(F)c(F)c1. The van der Waals surface area contributed by atoms with E-state index >= 15 is 0 Å². The number of hydrogen-bond donors (Lipinski definition) is 0. The first kappa shape index (κ1) is 14.5. The zero-order valence-electron chi connectivity index (χ0n) is 9.32. The molecule has 18 heavy (non-hydrogen) atoms. The van der Waals surface area contributed by atoms with E-state index in [-0.39, 0.29) is 6.54 Å². The van der Waals surface area contributed by atoms with Crippen molar-refractivity contribution in [3.05, 3.63) is 29.6 Å². The Balaban J connectivity index is 3.33. The van der Waals surface area contributed by atoms with Crippen molar-refractivity contribution >= 4 is 10.0 Å². The van der Waals surface area contributed by atoms with E-state index in [1.54, 1.807) is 6.07 Å². The van der Waals surface area contributed by atoms with E-state index in [1.165, 1.54) is 6.92 Å². The van der Waals surface area contributed by atoms with Crippen LogP contribution in [0.15, 0.2) is 17.0 Å². The minimum absolute atomic E-state index is 0.0451. The summed E-state index contributed by atoms with van der Waals surface area (Å²) >= 11 is 0. The molecule has 0 aliphatic heterocycles. The molecule has 1 aromatic rings. The Labute approximate surface area is 102 Å². The van der Waals surface area contributed by atoms with Gasteiger partial charge in [-0.15, -0.1) is 0 Å². The lowest BCUT2D eigenvalue weighted by Crippen LogP contribution is -2.31. The van der Waals surface area contributed by atoms with Crippen LogP contribution in [0.1, 0.15) is 6.92 Å². The second kappa shape index (κ2) is 5.37. The molecular weight excluding hydrogens is 269 g/mol. The molecule has 0 heterocycles. The third-order valence-corrected chi connectivity index (χ3v) is 4.09. The molecule has 0 fully saturated rings. The van der Waals surface area contributed by atoms with E-state index in [1.807, 2.05) is 0 Å². The van der Waals surface area contributed by atoms with Gasteiger partial charge in [0, 0.05) is 6.54 Å². The van der Waals surface area contributed by atoms with Crippen LogP contribution >= 0.6 is 0 Å². The minimum Gasteiger partial charge on any atom is -0.207 e. The third kappa shape index (κ3) is 2.63. The van der Waals surface area contributed by atoms with Crippen LogP contribution in [-0.2, 0) is 10.0 Å². The summed E-state index contributed by atoms with van der Waals surface area (Å²) in [4.78, 5) is -0.726. The fraction of sp³-hybridized carbons (Fsp3) is 0.300. The summed E-state index contributed by atoms with van der Waals surface area (Å²) in [6.07, 6.45) is 0. The molecule has 0 saturated carbocycles. The monoisotopic (exact) mass is 278 g/mol. The topological polar surface area (TPSA) is 61.2 Å². The van der Waals surface area contributed by atoms with Crippen molar-refractivity contribution in [3.63, 3.8) is 0 Å². The Bertz CT molecular complexity index is 573. The number of sulfonamides is 1. The number of hydrogen-bond acceptors (Lipinski definition) is 3. The van der Waals surface area contributed by atoms with Gasteiger partial charge in [0.1, 0.15) is 6.54 Å². The Hall–Kier alpha value is -1.59. The lowest BCUT2D eigenvalue weighted by Gasteiger charge is -2.17. The van der Waals surface area contributed by atoms with Crippen molar-refractivity contribution < 1.29 is 21.6 Å². The number of halogens is 3. The lowest BCUT2D eigenvalue weighted by atomic mass is 10.3. The summed E-state index contributed by atoms with van der Waals surface area (Å²) in [7, 11) is -4.21. The predicted octanol–water partition coefficient (Wildman–Crippen LogP) is 1.64. The zero-order chi connectivity index (χ0) is 13.9. The van der Waals surface area contributed by atoms with Crippen LogP contribution in [0.3, 0.4) is 0 Å². The van der Waals surface area contributed by atoms with Crippen LogP contribution in [0, 0.1) is 28.8 Å². The van der Waals surface area contributed by atoms with E-state index in [2.05, 4.69) is 0 Å². The number of nitrogens with zero attached hydrogens (tertiary/aromatic N) is 2. The van der Waals surface area contributed by atoms with Crippen LogP contribution in [0.2, 0.25) is 0 Å². The molecule has 4 nitrogen and oxygen atoms in total. The summed E-state index contributed by atoms with van der Waals surface area (Å²) < 4.78 is 63.1. The van der Waals surface area contributed by atoms with Crippen LogP contribution in [0.5, 0.6) is 0 Å². The maximum Gasteiger partial charge on any atom is 0.244 e. The molecule has 1 aromatic carbocycles. The largest absolute Gasteiger partial charge is 0.244 e. The van der Waals surface area contributed by atoms with E-state index in [9.17, 15) is 21.6 Å². The maximum absolute atomic E-state index is 13.0. The molecule has 0 spiro atoms. The molecule has 0 bridgehead atoms. The van der Waals surface area contributed by atoms with Gasteiger partial charge in [-0.2, -0.15) is 9.57 Å². The quantitative estimate of drug-likeness (QED) is 0.621. The number of benzene rings is 1. The molecule has 0 atom stereocenters. The van der Waals surface area contributed by atoms with Crippen molar-refractivity contribution in [2.75, 3.05) is 13.1 Å². The van der Waals surface area contributed by atoms with Gasteiger partial charge in [0.05, 0.1) is 11.0 Å². The van der Waals surface area contributed by atoms with Crippen LogP contribution in [0.25, 0.3) is 0 Å². The van der Waals surface area contributed by atoms with Crippen LogP contribution in [0.4, 0.5) is 13.2 Å². The first-order valence-corrected chi connectivity index (χ1v) is 6.30. The highest BCUT2D eigenvalue weighted by Crippen LogP contribution is 2.20. The summed E-state index contributed by atoms with van der Waals surface area (Å²) in [5, 5.41) is 8.47. The number of rotatable bonds is 4. The van der Waals surface area contributed by atoms with Gasteiger partial charge in [-0.25, -0.2) is 21.6 Å². The molecule has 0 saturated heterocycles. The first-order valence-electron chi connectivity index (χ1n) is 4.86. The van der Waals surface area contributed by atoms with Gasteiger partial charge in [-0.3, -0.25) is 0 Å². The molecule has 0 unspecified atom stereocenters. The summed E-state index contributed by atoms with van der Waals surface area (Å²) in [6, 6.07) is 2.39. The third-order valence-electron chi connectivity index (χ3n) is 2.19. The molecule has 0 aromatic heterocycles. The van der Waals surface area contributed by atoms with Crippen molar-refractivity contribution in [1.82, 2.24) is 4.31 Å². The van der Waals surface area contributed by atoms with Crippen molar-refractivity contribution in [3.8, 4) is 6.07 Å². The second-order valence-corrected chi connectivity index (χ2v) is 5.23. The van der Waals surface area contributed by atoms with E-state index in [0.717, 1.165) is 4.31 Å². The highest BCUT2D eigenvalue weighted by molar-refractivity contribution is 7.89. The van der Waals surface area contributed by atoms with E-state index < -0.39 is 38.9 Å². The van der Waals surface area contributed by atoms with Crippen LogP contribution < -0.4 is 0 Å². The van der Waals surface area contributed by atoms with E-state index in [4.69, 9.17) is 5.26 Å². The molecule has 0 radical (unpaired) electrons. The average molecular weight is 278 g/mol. The van der Waals surface area contributed by atoms with Crippen molar-refractivity contribution in [2.24, 2.45) is 0 Å². The molecule has 0 aliphatic rings. The fourth-order valence-corrected chi connectivity index (χ4v) is 2.65. The Morgan fingerprint density at radius 1 is 1.28 bits per heavy atom. The van der Waals surface area contributed by atoms with Gasteiger partial charge in [0.25, 0.3) is 0 Å². The Morgan fingerprint density at radius 3 is 2.17 bits per heavy atom. The van der Waals surface area contributed by atoms with Gasteiger partial charge in [0.2, 0.25) is 10.0 Å². The van der Waals surface area contributed by atoms with Crippen molar-refractivity contribution in [1.29, 1.82) is 5.26 Å². The molecule has 0 amide bonds. The molecule has 0 N–H and O–H groups in total. The first-order chi connectivity index (χ1) is 8.34. The highest BCUT2D eigenvalue weighted by Gasteiger charge is 2.25. The summed E-state index contributed by atoms with van der Waals surface area (Å²) in [5.74, 6) is -4.93. The standard InChI is InChI=1S/C10H9F3N2O2S/c1-2-15(4-3-14)18(16,17)7-5-8(11)10(13)9(12)6-7/h5-6H,2,4H2,1H3. The number of nitriles is 1. The van der Waals surface area contributed by atoms with E-state index in [0.29, 0.717) is 12.1 Å². The average Bonchev–Trinajstić information content (AvgIpc) is 2.31. The highest BCUT2D eigenvalue weighted by atomic mass is 32.2. The van der Waals surface area contributed by atoms with Crippen molar-refractivity contribution in [2.45, 2.75) is 11.8 Å². The fourth-order valence-electron chi connectivity index (χ4n) is 1.28. The zero-order valence-corrected chi connectivity index (χ0v) is 10.1. The van der Waals surface area contributed by atoms with Gasteiger partial charge >= 0.3 is 0 Å². The molecular formula is C10H9F3N2O2S. The van der Waals surface area contributed by atoms with Gasteiger partial charge in [-0.05, 0) is 12.1 Å². The maximum atomic E-state index is 13.0. The second-order valence-electron chi connectivity index (χ2n) is 3.29. The normalized spacial score (nSPS) is 11.6.